The van der Waals surface area contributed by atoms with E-state index < -0.39 is 32.4 Å². The van der Waals surface area contributed by atoms with Crippen molar-refractivity contribution in [3.63, 3.8) is 0 Å². The van der Waals surface area contributed by atoms with Gasteiger partial charge >= 0.3 is 16.5 Å². The number of anilines is 2. The summed E-state index contributed by atoms with van der Waals surface area (Å²) in [6.45, 7) is 3.39. The van der Waals surface area contributed by atoms with Gasteiger partial charge in [-0.3, -0.25) is 9.69 Å². The molecule has 3 aromatic rings. The summed E-state index contributed by atoms with van der Waals surface area (Å²) < 4.78 is 75.6. The minimum atomic E-state index is -4.99. The summed E-state index contributed by atoms with van der Waals surface area (Å²) in [6.07, 6.45) is 0. The highest BCUT2D eigenvalue weighted by atomic mass is 32.2. The molecule has 1 N–H and O–H groups in total. The number of hydrogen-bond acceptors (Lipinski definition) is 9. The average Bonchev–Trinajstić information content (AvgIpc) is 3.31. The van der Waals surface area contributed by atoms with E-state index >= 15 is 0 Å². The number of nitrogens with zero attached hydrogens (tertiary/aromatic N) is 3. The number of halogens is 3. The van der Waals surface area contributed by atoms with Crippen LogP contribution in [0.3, 0.4) is 0 Å². The average molecular weight is 555 g/mol. The van der Waals surface area contributed by atoms with Gasteiger partial charge < -0.3 is 14.9 Å². The molecule has 9 nitrogen and oxygen atoms in total. The predicted molar refractivity (Wildman–Crippen MR) is 128 cm³/mol. The molecule has 1 spiro atoms. The highest BCUT2D eigenvalue weighted by molar-refractivity contribution is 7.92. The third kappa shape index (κ3) is 4.89. The SMILES string of the molecule is O=CON(c1cscn1)S(=O)(=O)c1c(F)cc(NCc2c(F)cccc2CN2CC3(COC3)C2)cc1F. The predicted octanol–water partition coefficient (Wildman–Crippen LogP) is 3.29. The van der Waals surface area contributed by atoms with Gasteiger partial charge in [-0.1, -0.05) is 16.6 Å². The van der Waals surface area contributed by atoms with Crippen LogP contribution < -0.4 is 9.79 Å². The standard InChI is InChI=1S/C23H21F3N4O5S2/c24-18-3-1-2-15(7-29-9-23(10-29)11-34-12-23)17(18)6-27-16-4-19(25)22(20(26)5-16)37(32,33)30(35-14-31)21-8-36-13-28-21/h1-5,8,13-14,27H,6-7,9-12H2. The molecule has 2 fully saturated rings. The van der Waals surface area contributed by atoms with Crippen molar-refractivity contribution in [1.29, 1.82) is 0 Å². The Balaban J connectivity index is 1.34. The molecule has 37 heavy (non-hydrogen) atoms. The van der Waals surface area contributed by atoms with E-state index in [4.69, 9.17) is 4.74 Å². The summed E-state index contributed by atoms with van der Waals surface area (Å²) in [5.41, 5.74) is 2.42. The monoisotopic (exact) mass is 554 g/mol. The van der Waals surface area contributed by atoms with Crippen molar-refractivity contribution < 1.29 is 36.0 Å². The van der Waals surface area contributed by atoms with Gasteiger partial charge in [-0.05, 0) is 23.8 Å². The maximum atomic E-state index is 14.9. The van der Waals surface area contributed by atoms with Crippen LogP contribution in [0.4, 0.5) is 24.7 Å². The van der Waals surface area contributed by atoms with Gasteiger partial charge in [0.1, 0.15) is 17.5 Å². The molecule has 14 heteroatoms. The maximum absolute atomic E-state index is 14.9. The van der Waals surface area contributed by atoms with E-state index in [0.717, 1.165) is 55.3 Å². The minimum Gasteiger partial charge on any atom is -0.381 e. The van der Waals surface area contributed by atoms with E-state index in [-0.39, 0.29) is 34.4 Å². The summed E-state index contributed by atoms with van der Waals surface area (Å²) in [7, 11) is -4.99. The molecule has 5 rings (SSSR count). The summed E-state index contributed by atoms with van der Waals surface area (Å²) in [6, 6.07) is 6.23. The fourth-order valence-corrected chi connectivity index (χ4v) is 6.37. The van der Waals surface area contributed by atoms with E-state index in [9.17, 15) is 26.4 Å². The number of thiazole rings is 1. The number of sulfonamides is 1. The zero-order valence-electron chi connectivity index (χ0n) is 19.2. The highest BCUT2D eigenvalue weighted by Crippen LogP contribution is 2.38. The van der Waals surface area contributed by atoms with Gasteiger partial charge in [0, 0.05) is 48.2 Å². The lowest BCUT2D eigenvalue weighted by Crippen LogP contribution is -2.65. The molecule has 0 bridgehead atoms. The lowest BCUT2D eigenvalue weighted by Gasteiger charge is -2.55. The number of likely N-dealkylation sites (tertiary alicyclic amines) is 1. The van der Waals surface area contributed by atoms with Gasteiger partial charge in [0.15, 0.2) is 10.7 Å². The Bertz CT molecular complexity index is 1390. The van der Waals surface area contributed by atoms with Crippen LogP contribution in [0.15, 0.2) is 46.1 Å². The van der Waals surface area contributed by atoms with E-state index in [2.05, 4.69) is 20.0 Å². The number of nitrogens with one attached hydrogen (secondary N) is 1. The first-order valence-corrected chi connectivity index (χ1v) is 13.4. The van der Waals surface area contributed by atoms with Gasteiger partial charge in [-0.25, -0.2) is 18.2 Å². The molecule has 1 aromatic heterocycles. The Labute approximate surface area is 214 Å². The van der Waals surface area contributed by atoms with Crippen molar-refractivity contribution in [3.05, 3.63) is 69.8 Å². The first-order chi connectivity index (χ1) is 17.7. The number of rotatable bonds is 10. The molecule has 2 saturated heterocycles. The molecular weight excluding hydrogens is 533 g/mol. The Kier molecular flexibility index (Phi) is 6.83. The molecule has 2 aliphatic heterocycles. The third-order valence-corrected chi connectivity index (χ3v) is 8.42. The topological polar surface area (TPSA) is 101 Å². The van der Waals surface area contributed by atoms with E-state index in [1.54, 1.807) is 12.1 Å². The number of aromatic nitrogens is 1. The largest absolute Gasteiger partial charge is 0.381 e. The van der Waals surface area contributed by atoms with Gasteiger partial charge in [0.05, 0.1) is 18.7 Å². The van der Waals surface area contributed by atoms with Crippen molar-refractivity contribution in [3.8, 4) is 0 Å². The maximum Gasteiger partial charge on any atom is 0.322 e. The van der Waals surface area contributed by atoms with Crippen LogP contribution in [0.25, 0.3) is 0 Å². The number of ether oxygens (including phenoxy) is 1. The highest BCUT2D eigenvalue weighted by Gasteiger charge is 2.48. The molecule has 3 heterocycles. The molecule has 0 aliphatic carbocycles. The molecule has 196 valence electrons. The fraction of sp³-hybridized carbons (Fsp3) is 0.304. The second-order valence-electron chi connectivity index (χ2n) is 8.92. The van der Waals surface area contributed by atoms with Crippen LogP contribution in [-0.2, 0) is 37.5 Å². The van der Waals surface area contributed by atoms with Gasteiger partial charge in [-0.15, -0.1) is 11.3 Å². The zero-order valence-corrected chi connectivity index (χ0v) is 20.8. The Morgan fingerprint density at radius 1 is 1.19 bits per heavy atom. The summed E-state index contributed by atoms with van der Waals surface area (Å²) in [5.74, 6) is -3.68. The van der Waals surface area contributed by atoms with Crippen LogP contribution >= 0.6 is 11.3 Å². The summed E-state index contributed by atoms with van der Waals surface area (Å²) in [5, 5.41) is 3.99. The molecule has 0 radical (unpaired) electrons. The molecule has 2 aliphatic rings. The van der Waals surface area contributed by atoms with Gasteiger partial charge in [0.25, 0.3) is 0 Å². The molecular formula is C23H21F3N4O5S2. The molecule has 2 aromatic carbocycles. The lowest BCUT2D eigenvalue weighted by molar-refractivity contribution is -0.191. The van der Waals surface area contributed by atoms with Gasteiger partial charge in [-0.2, -0.15) is 8.42 Å². The Morgan fingerprint density at radius 3 is 2.51 bits per heavy atom. The van der Waals surface area contributed by atoms with Crippen molar-refractivity contribution in [2.45, 2.75) is 18.0 Å². The number of hydrogen-bond donors (Lipinski definition) is 1. The number of carbonyl (C=O) groups is 1. The quantitative estimate of drug-likeness (QED) is 0.301. The van der Waals surface area contributed by atoms with Crippen LogP contribution in [0.2, 0.25) is 0 Å². The third-order valence-electron chi connectivity index (χ3n) is 6.23. The smallest absolute Gasteiger partial charge is 0.322 e. The second kappa shape index (κ2) is 9.93. The Hall–Kier alpha value is -3.20. The van der Waals surface area contributed by atoms with Crippen molar-refractivity contribution in [2.24, 2.45) is 5.41 Å². The van der Waals surface area contributed by atoms with Crippen molar-refractivity contribution in [2.75, 3.05) is 36.1 Å². The lowest BCUT2D eigenvalue weighted by atomic mass is 9.78. The molecule has 0 saturated carbocycles. The molecule has 0 atom stereocenters. The Morgan fingerprint density at radius 2 is 1.92 bits per heavy atom. The van der Waals surface area contributed by atoms with Crippen LogP contribution in [-0.4, -0.2) is 51.1 Å². The first-order valence-electron chi connectivity index (χ1n) is 11.1. The number of benzene rings is 2. The number of carbonyl (C=O) groups excluding carboxylic acids is 1. The van der Waals surface area contributed by atoms with E-state index in [1.807, 2.05) is 0 Å². The van der Waals surface area contributed by atoms with Crippen LogP contribution in [0.5, 0.6) is 0 Å². The van der Waals surface area contributed by atoms with Crippen molar-refractivity contribution in [1.82, 2.24) is 9.88 Å². The second-order valence-corrected chi connectivity index (χ2v) is 11.3. The molecule has 0 amide bonds. The first kappa shape index (κ1) is 25.4. The van der Waals surface area contributed by atoms with Crippen LogP contribution in [0.1, 0.15) is 11.1 Å². The van der Waals surface area contributed by atoms with Gasteiger partial charge in [0.2, 0.25) is 0 Å². The normalized spacial score (nSPS) is 16.6. The molecule has 0 unspecified atom stereocenters. The van der Waals surface area contributed by atoms with E-state index in [1.165, 1.54) is 17.0 Å². The summed E-state index contributed by atoms with van der Waals surface area (Å²) >= 11 is 0.985. The van der Waals surface area contributed by atoms with E-state index in [0.29, 0.717) is 12.1 Å². The summed E-state index contributed by atoms with van der Waals surface area (Å²) in [4.78, 5) is 19.8. The van der Waals surface area contributed by atoms with Crippen molar-refractivity contribution >= 4 is 39.3 Å². The minimum absolute atomic E-state index is 0.0341. The fourth-order valence-electron chi connectivity index (χ4n) is 4.53. The van der Waals surface area contributed by atoms with Crippen LogP contribution in [0, 0.1) is 22.9 Å². The zero-order chi connectivity index (χ0) is 26.2.